The molecule has 0 bridgehead atoms. The molecule has 5 nitrogen and oxygen atoms in total. The molecular weight excluding hydrogens is 357 g/mol. The van der Waals surface area contributed by atoms with Crippen LogP contribution in [0.3, 0.4) is 0 Å². The lowest BCUT2D eigenvalue weighted by Crippen LogP contribution is -2.49. The molecule has 0 radical (unpaired) electrons. The van der Waals surface area contributed by atoms with Crippen molar-refractivity contribution in [1.29, 1.82) is 0 Å². The molecule has 4 rings (SSSR count). The number of amides is 1. The van der Waals surface area contributed by atoms with E-state index in [2.05, 4.69) is 5.32 Å². The Kier molecular flexibility index (Phi) is 4.51. The fourth-order valence-corrected chi connectivity index (χ4v) is 4.90. The summed E-state index contributed by atoms with van der Waals surface area (Å²) in [4.78, 5) is 13.2. The maximum absolute atomic E-state index is 13.4. The van der Waals surface area contributed by atoms with Crippen LogP contribution in [0.5, 0.6) is 0 Å². The minimum atomic E-state index is -0.951. The summed E-state index contributed by atoms with van der Waals surface area (Å²) in [7, 11) is 0. The number of nitrogens with one attached hydrogen (secondary N) is 1. The van der Waals surface area contributed by atoms with Crippen molar-refractivity contribution in [2.45, 2.75) is 44.0 Å². The van der Waals surface area contributed by atoms with E-state index in [-0.39, 0.29) is 18.3 Å². The molecule has 2 heterocycles. The first-order chi connectivity index (χ1) is 12.4. The van der Waals surface area contributed by atoms with Gasteiger partial charge in [0.05, 0.1) is 23.7 Å². The molecule has 1 aromatic carbocycles. The predicted molar refractivity (Wildman–Crippen MR) is 96.9 cm³/mol. The van der Waals surface area contributed by atoms with Crippen molar-refractivity contribution in [3.63, 3.8) is 0 Å². The van der Waals surface area contributed by atoms with Crippen molar-refractivity contribution < 1.29 is 23.8 Å². The number of rotatable bonds is 3. The van der Waals surface area contributed by atoms with Crippen LogP contribution in [0.25, 0.3) is 10.1 Å². The van der Waals surface area contributed by atoms with Gasteiger partial charge in [0.2, 0.25) is 0 Å². The zero-order valence-corrected chi connectivity index (χ0v) is 15.5. The maximum Gasteiger partial charge on any atom is 0.261 e. The van der Waals surface area contributed by atoms with E-state index in [1.54, 1.807) is 6.07 Å². The molecule has 1 amide bonds. The molecule has 1 saturated heterocycles. The number of hydrogen-bond acceptors (Lipinski definition) is 5. The second-order valence-corrected chi connectivity index (χ2v) is 8.26. The number of halogens is 1. The van der Waals surface area contributed by atoms with Gasteiger partial charge in [-0.25, -0.2) is 4.39 Å². The van der Waals surface area contributed by atoms with E-state index >= 15 is 0 Å². The highest BCUT2D eigenvalue weighted by Crippen LogP contribution is 2.40. The van der Waals surface area contributed by atoms with Crippen LogP contribution in [-0.4, -0.2) is 42.2 Å². The molecule has 26 heavy (non-hydrogen) atoms. The fourth-order valence-electron chi connectivity index (χ4n) is 3.79. The number of ether oxygens (including phenoxy) is 2. The normalized spacial score (nSPS) is 21.3. The van der Waals surface area contributed by atoms with Crippen molar-refractivity contribution >= 4 is 27.3 Å². The molecule has 2 N–H and O–H groups in total. The number of aliphatic hydroxyl groups is 1. The van der Waals surface area contributed by atoms with E-state index in [1.807, 2.05) is 6.92 Å². The van der Waals surface area contributed by atoms with Gasteiger partial charge < -0.3 is 19.9 Å². The van der Waals surface area contributed by atoms with E-state index in [9.17, 15) is 14.3 Å². The number of benzene rings is 1. The number of aryl methyl sites for hydroxylation is 1. The molecule has 0 atom stereocenters. The molecule has 2 aliphatic rings. The Balaban J connectivity index is 1.42. The molecule has 1 aliphatic carbocycles. The van der Waals surface area contributed by atoms with Gasteiger partial charge in [0.25, 0.3) is 5.91 Å². The average molecular weight is 379 g/mol. The molecule has 1 saturated carbocycles. The number of hydrogen-bond donors (Lipinski definition) is 2. The highest BCUT2D eigenvalue weighted by molar-refractivity contribution is 7.21. The first-order valence-corrected chi connectivity index (χ1v) is 9.69. The summed E-state index contributed by atoms with van der Waals surface area (Å²) in [5, 5.41) is 14.4. The Morgan fingerprint density at radius 3 is 2.65 bits per heavy atom. The first kappa shape index (κ1) is 17.9. The summed E-state index contributed by atoms with van der Waals surface area (Å²) in [6.45, 7) is 3.20. The van der Waals surface area contributed by atoms with E-state index in [1.165, 1.54) is 23.5 Å². The predicted octanol–water partition coefficient (Wildman–Crippen LogP) is 3.13. The molecule has 7 heteroatoms. The van der Waals surface area contributed by atoms with Crippen molar-refractivity contribution in [3.05, 3.63) is 34.5 Å². The molecular formula is C19H22FNO4S. The summed E-state index contributed by atoms with van der Waals surface area (Å²) in [6.07, 6.45) is 2.29. The Morgan fingerprint density at radius 1 is 1.27 bits per heavy atom. The molecule has 2 aromatic rings. The fraction of sp³-hybridized carbons (Fsp3) is 0.526. The second kappa shape index (κ2) is 6.56. The van der Waals surface area contributed by atoms with Gasteiger partial charge in [-0.3, -0.25) is 4.79 Å². The Labute approximate surface area is 155 Å². The van der Waals surface area contributed by atoms with Crippen molar-refractivity contribution in [2.24, 2.45) is 0 Å². The van der Waals surface area contributed by atoms with Crippen LogP contribution in [0.2, 0.25) is 0 Å². The highest BCUT2D eigenvalue weighted by Gasteiger charge is 2.45. The van der Waals surface area contributed by atoms with Crippen molar-refractivity contribution in [1.82, 2.24) is 5.32 Å². The minimum absolute atomic E-state index is 0.184. The zero-order valence-electron chi connectivity index (χ0n) is 14.6. The van der Waals surface area contributed by atoms with Gasteiger partial charge in [0.15, 0.2) is 5.79 Å². The third kappa shape index (κ3) is 3.24. The lowest BCUT2D eigenvalue weighted by molar-refractivity contribution is -0.201. The Morgan fingerprint density at radius 2 is 1.96 bits per heavy atom. The number of thiophene rings is 1. The third-order valence-corrected chi connectivity index (χ3v) is 6.71. The largest absolute Gasteiger partial charge is 0.388 e. The van der Waals surface area contributed by atoms with Gasteiger partial charge >= 0.3 is 0 Å². The van der Waals surface area contributed by atoms with Crippen LogP contribution in [0.1, 0.15) is 40.9 Å². The van der Waals surface area contributed by atoms with Gasteiger partial charge in [0, 0.05) is 24.1 Å². The SMILES string of the molecule is Cc1c(C(=O)NCC2(O)CCC3(CC2)OCCO3)sc2ccc(F)cc12. The highest BCUT2D eigenvalue weighted by atomic mass is 32.1. The van der Waals surface area contributed by atoms with Crippen LogP contribution in [0.15, 0.2) is 18.2 Å². The van der Waals surface area contributed by atoms with E-state index in [0.717, 1.165) is 15.6 Å². The van der Waals surface area contributed by atoms with E-state index < -0.39 is 11.4 Å². The summed E-state index contributed by atoms with van der Waals surface area (Å²) in [6, 6.07) is 4.54. The maximum atomic E-state index is 13.4. The van der Waals surface area contributed by atoms with Gasteiger partial charge in [-0.15, -0.1) is 11.3 Å². The van der Waals surface area contributed by atoms with Crippen LogP contribution < -0.4 is 5.32 Å². The molecule has 140 valence electrons. The lowest BCUT2D eigenvalue weighted by atomic mass is 9.81. The number of carbonyl (C=O) groups is 1. The summed E-state index contributed by atoms with van der Waals surface area (Å²) in [5.41, 5.74) is -0.184. The number of carbonyl (C=O) groups excluding carboxylic acids is 1. The number of fused-ring (bicyclic) bond motifs is 1. The van der Waals surface area contributed by atoms with Crippen molar-refractivity contribution in [3.8, 4) is 0 Å². The second-order valence-electron chi connectivity index (χ2n) is 7.21. The Bertz CT molecular complexity index is 833. The minimum Gasteiger partial charge on any atom is -0.388 e. The summed E-state index contributed by atoms with van der Waals surface area (Å²) >= 11 is 1.34. The standard InChI is InChI=1S/C19H22FNO4S/c1-12-14-10-13(20)2-3-15(14)26-16(12)17(22)21-11-18(23)4-6-19(7-5-18)24-8-9-25-19/h2-3,10,23H,4-9,11H2,1H3,(H,21,22). The topological polar surface area (TPSA) is 67.8 Å². The lowest BCUT2D eigenvalue weighted by Gasteiger charge is -2.40. The van der Waals surface area contributed by atoms with Gasteiger partial charge in [0.1, 0.15) is 5.82 Å². The molecule has 1 aromatic heterocycles. The Hall–Kier alpha value is -1.54. The van der Waals surface area contributed by atoms with Crippen LogP contribution in [0.4, 0.5) is 4.39 Å². The molecule has 1 spiro atoms. The van der Waals surface area contributed by atoms with Gasteiger partial charge in [-0.1, -0.05) is 0 Å². The molecule has 0 unspecified atom stereocenters. The van der Waals surface area contributed by atoms with Crippen LogP contribution >= 0.6 is 11.3 Å². The van der Waals surface area contributed by atoms with Crippen molar-refractivity contribution in [2.75, 3.05) is 19.8 Å². The van der Waals surface area contributed by atoms with Gasteiger partial charge in [-0.2, -0.15) is 0 Å². The van der Waals surface area contributed by atoms with Crippen LogP contribution in [0, 0.1) is 12.7 Å². The quantitative estimate of drug-likeness (QED) is 0.860. The molecule has 1 aliphatic heterocycles. The zero-order chi connectivity index (χ0) is 18.4. The van der Waals surface area contributed by atoms with Gasteiger partial charge in [-0.05, 0) is 48.9 Å². The van der Waals surface area contributed by atoms with E-state index in [4.69, 9.17) is 9.47 Å². The summed E-state index contributed by atoms with van der Waals surface area (Å²) in [5.74, 6) is -1.08. The van der Waals surface area contributed by atoms with E-state index in [0.29, 0.717) is 43.8 Å². The third-order valence-electron chi connectivity index (χ3n) is 5.44. The summed E-state index contributed by atoms with van der Waals surface area (Å²) < 4.78 is 25.7. The average Bonchev–Trinajstić information content (AvgIpc) is 3.22. The monoisotopic (exact) mass is 379 g/mol. The molecule has 2 fully saturated rings. The smallest absolute Gasteiger partial charge is 0.261 e. The first-order valence-electron chi connectivity index (χ1n) is 8.87. The van der Waals surface area contributed by atoms with Crippen LogP contribution in [-0.2, 0) is 9.47 Å².